The Morgan fingerprint density at radius 2 is 1.92 bits per heavy atom. The smallest absolute Gasteiger partial charge is 0.191 e. The van der Waals surface area contributed by atoms with Crippen molar-refractivity contribution in [2.75, 3.05) is 0 Å². The fourth-order valence-corrected chi connectivity index (χ4v) is 4.40. The second-order valence-corrected chi connectivity index (χ2v) is 7.90. The third-order valence-electron chi connectivity index (χ3n) is 4.81. The molecule has 0 saturated heterocycles. The lowest BCUT2D eigenvalue weighted by Crippen LogP contribution is -2.02. The predicted molar refractivity (Wildman–Crippen MR) is 100 cm³/mol. The van der Waals surface area contributed by atoms with Gasteiger partial charge in [-0.05, 0) is 49.1 Å². The minimum atomic E-state index is -0.225. The number of benzene rings is 1. The highest BCUT2D eigenvalue weighted by Crippen LogP contribution is 2.31. The molecule has 136 valence electrons. The standard InChI is InChI=1S/C19H22FN5S/c1-12(2)18-21-22-19(24(18)3)26-11-16-15-5-4-6-17(15)25(23-16)14-9-7-13(20)8-10-14/h7-10,12H,4-6,11H2,1-3H3. The average Bonchev–Trinajstić information content (AvgIpc) is 3.30. The van der Waals surface area contributed by atoms with E-state index in [9.17, 15) is 4.39 Å². The van der Waals surface area contributed by atoms with Gasteiger partial charge >= 0.3 is 0 Å². The van der Waals surface area contributed by atoms with Crippen LogP contribution >= 0.6 is 11.8 Å². The van der Waals surface area contributed by atoms with E-state index in [-0.39, 0.29) is 5.82 Å². The summed E-state index contributed by atoms with van der Waals surface area (Å²) in [5, 5.41) is 14.4. The first-order valence-corrected chi connectivity index (χ1v) is 9.91. The van der Waals surface area contributed by atoms with Crippen LogP contribution in [0.15, 0.2) is 29.4 Å². The van der Waals surface area contributed by atoms with Gasteiger partial charge in [0.2, 0.25) is 0 Å². The summed E-state index contributed by atoms with van der Waals surface area (Å²) in [6.07, 6.45) is 3.22. The van der Waals surface area contributed by atoms with Crippen molar-refractivity contribution in [3.8, 4) is 5.69 Å². The second kappa shape index (κ2) is 6.87. The van der Waals surface area contributed by atoms with Crippen molar-refractivity contribution in [1.82, 2.24) is 24.5 Å². The van der Waals surface area contributed by atoms with Gasteiger partial charge in [-0.15, -0.1) is 10.2 Å². The minimum absolute atomic E-state index is 0.225. The fraction of sp³-hybridized carbons (Fsp3) is 0.421. The lowest BCUT2D eigenvalue weighted by Gasteiger charge is -2.06. The monoisotopic (exact) mass is 371 g/mol. The molecule has 0 fully saturated rings. The summed E-state index contributed by atoms with van der Waals surface area (Å²) in [7, 11) is 2.01. The molecular formula is C19H22FN5S. The van der Waals surface area contributed by atoms with Crippen molar-refractivity contribution < 1.29 is 4.39 Å². The van der Waals surface area contributed by atoms with Crippen LogP contribution < -0.4 is 0 Å². The van der Waals surface area contributed by atoms with Gasteiger partial charge < -0.3 is 4.57 Å². The van der Waals surface area contributed by atoms with Gasteiger partial charge in [-0.2, -0.15) is 5.10 Å². The number of thioether (sulfide) groups is 1. The van der Waals surface area contributed by atoms with Crippen LogP contribution in [0.1, 0.15) is 49.0 Å². The summed E-state index contributed by atoms with van der Waals surface area (Å²) in [5.41, 5.74) is 4.61. The van der Waals surface area contributed by atoms with Crippen LogP contribution in [0.3, 0.4) is 0 Å². The fourth-order valence-electron chi connectivity index (χ4n) is 3.51. The van der Waals surface area contributed by atoms with Gasteiger partial charge in [0, 0.05) is 24.4 Å². The van der Waals surface area contributed by atoms with Crippen LogP contribution in [0.5, 0.6) is 0 Å². The molecule has 0 spiro atoms. The van der Waals surface area contributed by atoms with Crippen molar-refractivity contribution >= 4 is 11.8 Å². The van der Waals surface area contributed by atoms with Gasteiger partial charge in [0.15, 0.2) is 5.16 Å². The molecule has 0 unspecified atom stereocenters. The van der Waals surface area contributed by atoms with E-state index >= 15 is 0 Å². The molecule has 7 heteroatoms. The van der Waals surface area contributed by atoms with Crippen LogP contribution in [0.4, 0.5) is 4.39 Å². The highest BCUT2D eigenvalue weighted by Gasteiger charge is 2.24. The van der Waals surface area contributed by atoms with Gasteiger partial charge in [-0.25, -0.2) is 9.07 Å². The number of fused-ring (bicyclic) bond motifs is 1. The molecule has 5 nitrogen and oxygen atoms in total. The van der Waals surface area contributed by atoms with Crippen molar-refractivity contribution in [2.24, 2.45) is 7.05 Å². The molecule has 1 aliphatic carbocycles. The van der Waals surface area contributed by atoms with Gasteiger partial charge in [-0.1, -0.05) is 25.6 Å². The zero-order valence-corrected chi connectivity index (χ0v) is 16.1. The summed E-state index contributed by atoms with van der Waals surface area (Å²) >= 11 is 1.67. The van der Waals surface area contributed by atoms with E-state index in [1.807, 2.05) is 11.7 Å². The molecule has 2 heterocycles. The Hall–Kier alpha value is -2.15. The molecule has 0 N–H and O–H groups in total. The first-order chi connectivity index (χ1) is 12.5. The predicted octanol–water partition coefficient (Wildman–Crippen LogP) is 4.04. The van der Waals surface area contributed by atoms with Crippen molar-refractivity contribution in [3.05, 3.63) is 52.9 Å². The molecular weight excluding hydrogens is 349 g/mol. The average molecular weight is 371 g/mol. The maximum atomic E-state index is 13.2. The van der Waals surface area contributed by atoms with E-state index < -0.39 is 0 Å². The first kappa shape index (κ1) is 17.3. The lowest BCUT2D eigenvalue weighted by atomic mass is 10.2. The Bertz CT molecular complexity index is 926. The van der Waals surface area contributed by atoms with Crippen molar-refractivity contribution in [2.45, 2.75) is 49.9 Å². The van der Waals surface area contributed by atoms with Crippen LogP contribution in [0.2, 0.25) is 0 Å². The zero-order chi connectivity index (χ0) is 18.3. The molecule has 2 aromatic heterocycles. The van der Waals surface area contributed by atoms with Crippen LogP contribution in [0.25, 0.3) is 5.69 Å². The third-order valence-corrected chi connectivity index (χ3v) is 5.84. The molecule has 3 aromatic rings. The van der Waals surface area contributed by atoms with E-state index in [4.69, 9.17) is 5.10 Å². The molecule has 0 saturated carbocycles. The van der Waals surface area contributed by atoms with E-state index in [1.54, 1.807) is 23.9 Å². The minimum Gasteiger partial charge on any atom is -0.309 e. The molecule has 1 aromatic carbocycles. The number of rotatable bonds is 5. The Morgan fingerprint density at radius 1 is 1.15 bits per heavy atom. The van der Waals surface area contributed by atoms with Crippen LogP contribution in [0, 0.1) is 5.82 Å². The van der Waals surface area contributed by atoms with E-state index in [0.717, 1.165) is 47.4 Å². The number of aromatic nitrogens is 5. The van der Waals surface area contributed by atoms with Gasteiger partial charge in [0.25, 0.3) is 0 Å². The van der Waals surface area contributed by atoms with Crippen molar-refractivity contribution in [1.29, 1.82) is 0 Å². The maximum Gasteiger partial charge on any atom is 0.191 e. The number of hydrogen-bond acceptors (Lipinski definition) is 4. The maximum absolute atomic E-state index is 13.2. The number of halogens is 1. The SMILES string of the molecule is CC(C)c1nnc(SCc2nn(-c3ccc(F)cc3)c3c2CCC3)n1C. The summed E-state index contributed by atoms with van der Waals surface area (Å²) in [6, 6.07) is 6.55. The highest BCUT2D eigenvalue weighted by atomic mass is 32.2. The number of nitrogens with zero attached hydrogens (tertiary/aromatic N) is 5. The van der Waals surface area contributed by atoms with E-state index in [1.165, 1.54) is 23.4 Å². The van der Waals surface area contributed by atoms with E-state index in [2.05, 4.69) is 28.6 Å². The molecule has 1 aliphatic rings. The molecule has 4 rings (SSSR count). The Balaban J connectivity index is 1.60. The van der Waals surface area contributed by atoms with Gasteiger partial charge in [0.1, 0.15) is 11.6 Å². The normalized spacial score (nSPS) is 13.6. The topological polar surface area (TPSA) is 48.5 Å². The van der Waals surface area contributed by atoms with E-state index in [0.29, 0.717) is 5.92 Å². The lowest BCUT2D eigenvalue weighted by molar-refractivity contribution is 0.626. The molecule has 0 atom stereocenters. The second-order valence-electron chi connectivity index (χ2n) is 6.96. The molecule has 0 amide bonds. The summed E-state index contributed by atoms with van der Waals surface area (Å²) < 4.78 is 17.3. The molecule has 26 heavy (non-hydrogen) atoms. The number of hydrogen-bond donors (Lipinski definition) is 0. The Labute approximate surface area is 156 Å². The van der Waals surface area contributed by atoms with Crippen molar-refractivity contribution in [3.63, 3.8) is 0 Å². The zero-order valence-electron chi connectivity index (χ0n) is 15.2. The Kier molecular flexibility index (Phi) is 4.56. The largest absolute Gasteiger partial charge is 0.309 e. The third kappa shape index (κ3) is 3.05. The molecule has 0 aliphatic heterocycles. The summed E-state index contributed by atoms with van der Waals surface area (Å²) in [5.74, 6) is 1.88. The summed E-state index contributed by atoms with van der Waals surface area (Å²) in [4.78, 5) is 0. The quantitative estimate of drug-likeness (QED) is 0.635. The van der Waals surface area contributed by atoms with Gasteiger partial charge in [-0.3, -0.25) is 0 Å². The van der Waals surface area contributed by atoms with Gasteiger partial charge in [0.05, 0.1) is 11.4 Å². The summed E-state index contributed by atoms with van der Waals surface area (Å²) in [6.45, 7) is 4.24. The molecule has 0 bridgehead atoms. The van der Waals surface area contributed by atoms with Crippen LogP contribution in [-0.4, -0.2) is 24.5 Å². The van der Waals surface area contributed by atoms with Crippen LogP contribution in [-0.2, 0) is 25.6 Å². The molecule has 0 radical (unpaired) electrons. The first-order valence-electron chi connectivity index (χ1n) is 8.92. The Morgan fingerprint density at radius 3 is 2.62 bits per heavy atom. The highest BCUT2D eigenvalue weighted by molar-refractivity contribution is 7.98.